The maximum Gasteiger partial charge on any atom is 0.0213 e. The van der Waals surface area contributed by atoms with E-state index in [1.165, 1.54) is 29.5 Å². The van der Waals surface area contributed by atoms with Crippen molar-refractivity contribution in [2.45, 2.75) is 53.1 Å². The van der Waals surface area contributed by atoms with Crippen molar-refractivity contribution in [2.24, 2.45) is 5.41 Å². The summed E-state index contributed by atoms with van der Waals surface area (Å²) < 4.78 is 0. The molecule has 0 saturated heterocycles. The second-order valence-electron chi connectivity index (χ2n) is 5.63. The van der Waals surface area contributed by atoms with Crippen LogP contribution in [-0.2, 0) is 6.54 Å². The Balaban J connectivity index is 1.99. The van der Waals surface area contributed by atoms with Gasteiger partial charge in [0.15, 0.2) is 0 Å². The summed E-state index contributed by atoms with van der Waals surface area (Å²) in [5.41, 5.74) is 4.84. The molecule has 1 unspecified atom stereocenters. The highest BCUT2D eigenvalue weighted by molar-refractivity contribution is 5.33. The van der Waals surface area contributed by atoms with Gasteiger partial charge in [0, 0.05) is 12.6 Å². The zero-order valence-electron chi connectivity index (χ0n) is 10.9. The molecule has 1 aliphatic carbocycles. The number of aryl methyl sites for hydroxylation is 2. The molecule has 1 aromatic carbocycles. The lowest BCUT2D eigenvalue weighted by molar-refractivity contribution is 0.379. The second kappa shape index (κ2) is 4.21. The molecule has 0 amide bonds. The third-order valence-corrected chi connectivity index (χ3v) is 4.31. The molecule has 0 spiro atoms. The SMILES string of the molecule is Cc1cccc(C)c1CNC(C)C1(C)CC1. The van der Waals surface area contributed by atoms with Crippen LogP contribution in [0.2, 0.25) is 0 Å². The van der Waals surface area contributed by atoms with Crippen LogP contribution in [0.15, 0.2) is 18.2 Å². The lowest BCUT2D eigenvalue weighted by atomic mass is 9.99. The molecular formula is C15H23N. The van der Waals surface area contributed by atoms with Gasteiger partial charge in [-0.1, -0.05) is 25.1 Å². The molecule has 2 rings (SSSR count). The molecule has 88 valence electrons. The maximum absolute atomic E-state index is 3.68. The Hall–Kier alpha value is -0.820. The van der Waals surface area contributed by atoms with Crippen LogP contribution >= 0.6 is 0 Å². The van der Waals surface area contributed by atoms with Gasteiger partial charge in [0.2, 0.25) is 0 Å². The van der Waals surface area contributed by atoms with Crippen molar-refractivity contribution in [1.29, 1.82) is 0 Å². The number of benzene rings is 1. The molecule has 1 aromatic rings. The third kappa shape index (κ3) is 2.30. The van der Waals surface area contributed by atoms with Crippen molar-refractivity contribution >= 4 is 0 Å². The first-order chi connectivity index (χ1) is 7.53. The summed E-state index contributed by atoms with van der Waals surface area (Å²) in [7, 11) is 0. The lowest BCUT2D eigenvalue weighted by Gasteiger charge is -2.21. The maximum atomic E-state index is 3.68. The van der Waals surface area contributed by atoms with Crippen molar-refractivity contribution in [3.8, 4) is 0 Å². The van der Waals surface area contributed by atoms with Crippen LogP contribution in [-0.4, -0.2) is 6.04 Å². The average molecular weight is 217 g/mol. The van der Waals surface area contributed by atoms with Crippen LogP contribution in [0.25, 0.3) is 0 Å². The predicted molar refractivity (Wildman–Crippen MR) is 69.6 cm³/mol. The Morgan fingerprint density at radius 3 is 2.31 bits per heavy atom. The van der Waals surface area contributed by atoms with Gasteiger partial charge in [-0.05, 0) is 55.7 Å². The quantitative estimate of drug-likeness (QED) is 0.813. The van der Waals surface area contributed by atoms with E-state index in [9.17, 15) is 0 Å². The Bertz CT molecular complexity index is 357. The summed E-state index contributed by atoms with van der Waals surface area (Å²) >= 11 is 0. The summed E-state index contributed by atoms with van der Waals surface area (Å²) in [6.07, 6.45) is 2.77. The molecule has 1 fully saturated rings. The van der Waals surface area contributed by atoms with E-state index in [0.717, 1.165) is 6.54 Å². The number of nitrogens with one attached hydrogen (secondary N) is 1. The van der Waals surface area contributed by atoms with Crippen LogP contribution < -0.4 is 5.32 Å². The fourth-order valence-electron chi connectivity index (χ4n) is 2.26. The molecule has 1 aliphatic rings. The van der Waals surface area contributed by atoms with E-state index in [1.807, 2.05) is 0 Å². The van der Waals surface area contributed by atoms with Crippen LogP contribution in [0.1, 0.15) is 43.4 Å². The summed E-state index contributed by atoms with van der Waals surface area (Å²) in [5.74, 6) is 0. The number of hydrogen-bond acceptors (Lipinski definition) is 1. The van der Waals surface area contributed by atoms with Gasteiger partial charge in [-0.15, -0.1) is 0 Å². The number of rotatable bonds is 4. The zero-order chi connectivity index (χ0) is 11.8. The monoisotopic (exact) mass is 217 g/mol. The summed E-state index contributed by atoms with van der Waals surface area (Å²) in [6, 6.07) is 7.17. The first kappa shape index (κ1) is 11.7. The van der Waals surface area contributed by atoms with Crippen LogP contribution in [0.5, 0.6) is 0 Å². The molecule has 1 atom stereocenters. The van der Waals surface area contributed by atoms with Crippen molar-refractivity contribution in [1.82, 2.24) is 5.32 Å². The molecule has 0 aromatic heterocycles. The Morgan fingerprint density at radius 2 is 1.81 bits per heavy atom. The van der Waals surface area contributed by atoms with E-state index in [-0.39, 0.29) is 0 Å². The van der Waals surface area contributed by atoms with E-state index in [1.54, 1.807) is 0 Å². The Kier molecular flexibility index (Phi) is 3.07. The van der Waals surface area contributed by atoms with Crippen LogP contribution in [0.3, 0.4) is 0 Å². The molecule has 0 radical (unpaired) electrons. The Labute approximate surface area is 99.3 Å². The van der Waals surface area contributed by atoms with E-state index < -0.39 is 0 Å². The van der Waals surface area contributed by atoms with Gasteiger partial charge in [0.1, 0.15) is 0 Å². The largest absolute Gasteiger partial charge is 0.310 e. The highest BCUT2D eigenvalue weighted by atomic mass is 14.9. The minimum absolute atomic E-state index is 0.566. The van der Waals surface area contributed by atoms with E-state index in [4.69, 9.17) is 0 Å². The molecule has 1 N–H and O–H groups in total. The molecule has 1 nitrogen and oxygen atoms in total. The van der Waals surface area contributed by atoms with Crippen LogP contribution in [0.4, 0.5) is 0 Å². The topological polar surface area (TPSA) is 12.0 Å². The summed E-state index contributed by atoms with van der Waals surface area (Å²) in [4.78, 5) is 0. The van der Waals surface area contributed by atoms with Crippen molar-refractivity contribution in [3.05, 3.63) is 34.9 Å². The van der Waals surface area contributed by atoms with Gasteiger partial charge in [-0.25, -0.2) is 0 Å². The van der Waals surface area contributed by atoms with E-state index in [0.29, 0.717) is 11.5 Å². The van der Waals surface area contributed by atoms with Gasteiger partial charge in [0.25, 0.3) is 0 Å². The summed E-state index contributed by atoms with van der Waals surface area (Å²) in [5, 5.41) is 3.68. The highest BCUT2D eigenvalue weighted by Gasteiger charge is 2.42. The summed E-state index contributed by atoms with van der Waals surface area (Å²) in [6.45, 7) is 10.1. The van der Waals surface area contributed by atoms with Gasteiger partial charge in [-0.3, -0.25) is 0 Å². The Morgan fingerprint density at radius 1 is 1.25 bits per heavy atom. The van der Waals surface area contributed by atoms with Gasteiger partial charge < -0.3 is 5.32 Å². The molecule has 0 aliphatic heterocycles. The number of hydrogen-bond donors (Lipinski definition) is 1. The van der Waals surface area contributed by atoms with Crippen molar-refractivity contribution in [2.75, 3.05) is 0 Å². The highest BCUT2D eigenvalue weighted by Crippen LogP contribution is 2.47. The fraction of sp³-hybridized carbons (Fsp3) is 0.600. The zero-order valence-corrected chi connectivity index (χ0v) is 10.9. The van der Waals surface area contributed by atoms with Gasteiger partial charge in [-0.2, -0.15) is 0 Å². The standard InChI is InChI=1S/C15H23N/c1-11-6-5-7-12(2)14(11)10-16-13(3)15(4)8-9-15/h5-7,13,16H,8-10H2,1-4H3. The lowest BCUT2D eigenvalue weighted by Crippen LogP contribution is -2.33. The molecule has 1 heteroatoms. The first-order valence-corrected chi connectivity index (χ1v) is 6.31. The smallest absolute Gasteiger partial charge is 0.0213 e. The normalized spacial score (nSPS) is 19.5. The molecule has 1 saturated carbocycles. The van der Waals surface area contributed by atoms with Gasteiger partial charge in [0.05, 0.1) is 0 Å². The molecule has 16 heavy (non-hydrogen) atoms. The van der Waals surface area contributed by atoms with E-state index in [2.05, 4.69) is 51.2 Å². The van der Waals surface area contributed by atoms with Crippen molar-refractivity contribution in [3.63, 3.8) is 0 Å². The molecular weight excluding hydrogens is 194 g/mol. The molecule has 0 heterocycles. The third-order valence-electron chi connectivity index (χ3n) is 4.31. The van der Waals surface area contributed by atoms with Crippen molar-refractivity contribution < 1.29 is 0 Å². The molecule has 0 bridgehead atoms. The van der Waals surface area contributed by atoms with Gasteiger partial charge >= 0.3 is 0 Å². The minimum atomic E-state index is 0.566. The minimum Gasteiger partial charge on any atom is -0.310 e. The fourth-order valence-corrected chi connectivity index (χ4v) is 2.26. The van der Waals surface area contributed by atoms with E-state index >= 15 is 0 Å². The first-order valence-electron chi connectivity index (χ1n) is 6.31. The predicted octanol–water partition coefficient (Wildman–Crippen LogP) is 3.58. The average Bonchev–Trinajstić information content (AvgIpc) is 2.97. The van der Waals surface area contributed by atoms with Crippen LogP contribution in [0, 0.1) is 19.3 Å². The second-order valence-corrected chi connectivity index (χ2v) is 5.63.